The van der Waals surface area contributed by atoms with Gasteiger partial charge in [0.1, 0.15) is 0 Å². The van der Waals surface area contributed by atoms with Crippen LogP contribution in [0.2, 0.25) is 0 Å². The lowest BCUT2D eigenvalue weighted by atomic mass is 10.2. The third kappa shape index (κ3) is 2.27. The van der Waals surface area contributed by atoms with Gasteiger partial charge in [0.25, 0.3) is 0 Å². The molecule has 0 aromatic rings. The fourth-order valence-electron chi connectivity index (χ4n) is 1.02. The van der Waals surface area contributed by atoms with Gasteiger partial charge >= 0.3 is 0 Å². The molecule has 0 radical (unpaired) electrons. The average molecular weight is 143 g/mol. The molecule has 0 aromatic heterocycles. The molecular weight excluding hydrogens is 126 g/mol. The highest BCUT2D eigenvalue weighted by Gasteiger charge is 2.29. The second-order valence-electron chi connectivity index (χ2n) is 3.14. The van der Waals surface area contributed by atoms with Crippen molar-refractivity contribution in [3.05, 3.63) is 0 Å². The minimum absolute atomic E-state index is 0.494. The van der Waals surface area contributed by atoms with Crippen LogP contribution in [0.3, 0.4) is 0 Å². The molecule has 60 valence electrons. The van der Waals surface area contributed by atoms with Crippen molar-refractivity contribution in [3.8, 4) is 0 Å². The molecule has 0 aromatic carbocycles. The third-order valence-corrected chi connectivity index (χ3v) is 2.08. The average Bonchev–Trinajstić information content (AvgIpc) is 2.68. The Morgan fingerprint density at radius 2 is 2.20 bits per heavy atom. The molecule has 2 nitrogen and oxygen atoms in total. The van der Waals surface area contributed by atoms with Gasteiger partial charge < -0.3 is 10.1 Å². The Bertz CT molecular complexity index is 101. The molecule has 1 aliphatic heterocycles. The van der Waals surface area contributed by atoms with E-state index in [2.05, 4.69) is 26.1 Å². The maximum absolute atomic E-state index is 5.15. The van der Waals surface area contributed by atoms with Crippen LogP contribution >= 0.6 is 0 Å². The number of rotatable bonds is 4. The van der Waals surface area contributed by atoms with Gasteiger partial charge in [-0.1, -0.05) is 6.92 Å². The number of ether oxygens (including phenoxy) is 1. The van der Waals surface area contributed by atoms with Crippen LogP contribution in [0.5, 0.6) is 0 Å². The van der Waals surface area contributed by atoms with E-state index in [0.29, 0.717) is 18.2 Å². The van der Waals surface area contributed by atoms with Crippen LogP contribution < -0.4 is 5.32 Å². The molecule has 1 aliphatic rings. The van der Waals surface area contributed by atoms with E-state index >= 15 is 0 Å². The van der Waals surface area contributed by atoms with Crippen LogP contribution in [0.25, 0.3) is 0 Å². The van der Waals surface area contributed by atoms with Crippen molar-refractivity contribution in [2.24, 2.45) is 0 Å². The maximum Gasteiger partial charge on any atom is 0.0959 e. The van der Waals surface area contributed by atoms with Crippen molar-refractivity contribution < 1.29 is 4.74 Å². The van der Waals surface area contributed by atoms with E-state index in [0.717, 1.165) is 6.61 Å². The van der Waals surface area contributed by atoms with E-state index in [9.17, 15) is 0 Å². The van der Waals surface area contributed by atoms with Crippen molar-refractivity contribution in [2.75, 3.05) is 6.61 Å². The number of hydrogen-bond acceptors (Lipinski definition) is 2. The molecule has 3 atom stereocenters. The fraction of sp³-hybridized carbons (Fsp3) is 1.00. The molecule has 3 unspecified atom stereocenters. The van der Waals surface area contributed by atoms with Crippen LogP contribution in [0.1, 0.15) is 27.2 Å². The monoisotopic (exact) mass is 143 g/mol. The first-order chi connectivity index (χ1) is 4.74. The Morgan fingerprint density at radius 1 is 1.60 bits per heavy atom. The fourth-order valence-corrected chi connectivity index (χ4v) is 1.02. The predicted molar refractivity (Wildman–Crippen MR) is 42.1 cm³/mol. The molecule has 1 saturated heterocycles. The van der Waals surface area contributed by atoms with Crippen LogP contribution in [-0.2, 0) is 4.74 Å². The van der Waals surface area contributed by atoms with Crippen molar-refractivity contribution >= 4 is 0 Å². The summed E-state index contributed by atoms with van der Waals surface area (Å²) in [6.45, 7) is 7.53. The molecule has 1 rings (SSSR count). The highest BCUT2D eigenvalue weighted by Crippen LogP contribution is 2.13. The molecular formula is C8H17NO. The zero-order chi connectivity index (χ0) is 7.56. The molecule has 0 saturated carbocycles. The summed E-state index contributed by atoms with van der Waals surface area (Å²) >= 11 is 0. The summed E-state index contributed by atoms with van der Waals surface area (Å²) < 4.78 is 5.15. The van der Waals surface area contributed by atoms with Gasteiger partial charge in [0.05, 0.1) is 12.7 Å². The standard InChI is InChI=1S/C8H17NO/c1-4-6(2)9-7(3)8-5-10-8/h6-9H,4-5H2,1-3H3. The Hall–Kier alpha value is -0.0800. The van der Waals surface area contributed by atoms with E-state index in [4.69, 9.17) is 4.74 Å². The molecule has 0 spiro atoms. The summed E-state index contributed by atoms with van der Waals surface area (Å²) in [6, 6.07) is 1.16. The molecule has 2 heteroatoms. The minimum Gasteiger partial charge on any atom is -0.371 e. The van der Waals surface area contributed by atoms with Crippen LogP contribution in [0.4, 0.5) is 0 Å². The number of epoxide rings is 1. The Morgan fingerprint density at radius 3 is 2.60 bits per heavy atom. The summed E-state index contributed by atoms with van der Waals surface area (Å²) in [5.74, 6) is 0. The van der Waals surface area contributed by atoms with E-state index in [1.807, 2.05) is 0 Å². The second kappa shape index (κ2) is 3.35. The van der Waals surface area contributed by atoms with E-state index < -0.39 is 0 Å². The molecule has 1 N–H and O–H groups in total. The van der Waals surface area contributed by atoms with Crippen LogP contribution in [0.15, 0.2) is 0 Å². The third-order valence-electron chi connectivity index (χ3n) is 2.08. The lowest BCUT2D eigenvalue weighted by Gasteiger charge is -2.16. The van der Waals surface area contributed by atoms with Crippen LogP contribution in [-0.4, -0.2) is 24.8 Å². The maximum atomic E-state index is 5.15. The first-order valence-corrected chi connectivity index (χ1v) is 4.11. The van der Waals surface area contributed by atoms with Crippen LogP contribution in [0, 0.1) is 0 Å². The lowest BCUT2D eigenvalue weighted by Crippen LogP contribution is -2.37. The summed E-state index contributed by atoms with van der Waals surface area (Å²) in [5, 5.41) is 3.47. The zero-order valence-electron chi connectivity index (χ0n) is 7.05. The van der Waals surface area contributed by atoms with Gasteiger partial charge in [-0.2, -0.15) is 0 Å². The first kappa shape index (κ1) is 8.02. The Balaban J connectivity index is 2.10. The predicted octanol–water partition coefficient (Wildman–Crippen LogP) is 1.16. The van der Waals surface area contributed by atoms with E-state index in [1.54, 1.807) is 0 Å². The first-order valence-electron chi connectivity index (χ1n) is 4.11. The van der Waals surface area contributed by atoms with Gasteiger partial charge in [-0.25, -0.2) is 0 Å². The van der Waals surface area contributed by atoms with Gasteiger partial charge in [0.2, 0.25) is 0 Å². The highest BCUT2D eigenvalue weighted by atomic mass is 16.6. The van der Waals surface area contributed by atoms with Gasteiger partial charge in [-0.3, -0.25) is 0 Å². The molecule has 1 fully saturated rings. The highest BCUT2D eigenvalue weighted by molar-refractivity contribution is 4.82. The zero-order valence-corrected chi connectivity index (χ0v) is 7.05. The molecule has 10 heavy (non-hydrogen) atoms. The summed E-state index contributed by atoms with van der Waals surface area (Å²) in [4.78, 5) is 0. The molecule has 0 aliphatic carbocycles. The van der Waals surface area contributed by atoms with Crippen molar-refractivity contribution in [1.29, 1.82) is 0 Å². The molecule has 0 bridgehead atoms. The molecule has 0 amide bonds. The summed E-state index contributed by atoms with van der Waals surface area (Å²) in [7, 11) is 0. The Labute approximate surface area is 63.0 Å². The Kier molecular flexibility index (Phi) is 2.69. The quantitative estimate of drug-likeness (QED) is 0.597. The summed E-state index contributed by atoms with van der Waals surface area (Å²) in [5.41, 5.74) is 0. The van der Waals surface area contributed by atoms with Gasteiger partial charge in [-0.15, -0.1) is 0 Å². The minimum atomic E-state index is 0.494. The second-order valence-corrected chi connectivity index (χ2v) is 3.14. The van der Waals surface area contributed by atoms with Crippen molar-refractivity contribution in [1.82, 2.24) is 5.32 Å². The summed E-state index contributed by atoms with van der Waals surface area (Å²) in [6.07, 6.45) is 1.69. The number of nitrogens with one attached hydrogen (secondary N) is 1. The molecule has 1 heterocycles. The largest absolute Gasteiger partial charge is 0.371 e. The van der Waals surface area contributed by atoms with Gasteiger partial charge in [0.15, 0.2) is 0 Å². The van der Waals surface area contributed by atoms with Gasteiger partial charge in [0, 0.05) is 12.1 Å². The van der Waals surface area contributed by atoms with Gasteiger partial charge in [-0.05, 0) is 20.3 Å². The van der Waals surface area contributed by atoms with Crippen molar-refractivity contribution in [2.45, 2.75) is 45.4 Å². The van der Waals surface area contributed by atoms with E-state index in [1.165, 1.54) is 6.42 Å². The van der Waals surface area contributed by atoms with E-state index in [-0.39, 0.29) is 0 Å². The lowest BCUT2D eigenvalue weighted by molar-refractivity contribution is 0.333. The SMILES string of the molecule is CCC(C)NC(C)C1CO1. The topological polar surface area (TPSA) is 24.6 Å². The number of hydrogen-bond donors (Lipinski definition) is 1. The normalized spacial score (nSPS) is 29.7. The smallest absolute Gasteiger partial charge is 0.0959 e. The van der Waals surface area contributed by atoms with Crippen molar-refractivity contribution in [3.63, 3.8) is 0 Å².